The Kier molecular flexibility index (Phi) is 3.10. The molecule has 0 heterocycles. The summed E-state index contributed by atoms with van der Waals surface area (Å²) in [4.78, 5) is 11.7. The van der Waals surface area contributed by atoms with Crippen LogP contribution in [-0.2, 0) is 10.8 Å². The quantitative estimate of drug-likeness (QED) is 0.813. The van der Waals surface area contributed by atoms with Crippen molar-refractivity contribution in [3.8, 4) is 0 Å². The van der Waals surface area contributed by atoms with Gasteiger partial charge in [-0.2, -0.15) is 0 Å². The molecule has 0 saturated heterocycles. The summed E-state index contributed by atoms with van der Waals surface area (Å²) >= 11 is 0. The first-order chi connectivity index (χ1) is 8.28. The van der Waals surface area contributed by atoms with E-state index in [-0.39, 0.29) is 23.2 Å². The Labute approximate surface area is 110 Å². The molecule has 0 amide bonds. The van der Waals surface area contributed by atoms with Gasteiger partial charge in [-0.05, 0) is 40.9 Å². The van der Waals surface area contributed by atoms with E-state index in [1.165, 1.54) is 17.5 Å². The highest BCUT2D eigenvalue weighted by Gasteiger charge is 2.37. The fourth-order valence-electron chi connectivity index (χ4n) is 2.88. The molecule has 0 saturated carbocycles. The molecule has 18 heavy (non-hydrogen) atoms. The molecule has 0 aromatic heterocycles. The summed E-state index contributed by atoms with van der Waals surface area (Å²) < 4.78 is 0. The van der Waals surface area contributed by atoms with Crippen molar-refractivity contribution in [2.45, 2.75) is 51.4 Å². The van der Waals surface area contributed by atoms with Crippen LogP contribution in [0.2, 0.25) is 0 Å². The van der Waals surface area contributed by atoms with Crippen molar-refractivity contribution in [2.24, 2.45) is 5.73 Å². The summed E-state index contributed by atoms with van der Waals surface area (Å²) in [7, 11) is 0. The molecule has 1 aliphatic carbocycles. The molecular formula is C16H23NO. The van der Waals surface area contributed by atoms with Gasteiger partial charge in [0.15, 0.2) is 5.78 Å². The number of ketones is 1. The van der Waals surface area contributed by atoms with Crippen molar-refractivity contribution in [1.82, 2.24) is 0 Å². The lowest BCUT2D eigenvalue weighted by Gasteiger charge is -2.42. The van der Waals surface area contributed by atoms with Crippen molar-refractivity contribution in [3.05, 3.63) is 34.9 Å². The van der Waals surface area contributed by atoms with Crippen molar-refractivity contribution in [3.63, 3.8) is 0 Å². The van der Waals surface area contributed by atoms with Crippen LogP contribution in [0.15, 0.2) is 18.2 Å². The topological polar surface area (TPSA) is 43.1 Å². The number of carbonyl (C=O) groups is 1. The van der Waals surface area contributed by atoms with Crippen LogP contribution in [0.25, 0.3) is 0 Å². The molecule has 0 fully saturated rings. The highest BCUT2D eigenvalue weighted by Crippen LogP contribution is 2.45. The van der Waals surface area contributed by atoms with Gasteiger partial charge >= 0.3 is 0 Å². The highest BCUT2D eigenvalue weighted by molar-refractivity contribution is 5.97. The number of fused-ring (bicyclic) bond motifs is 1. The predicted molar refractivity (Wildman–Crippen MR) is 75.1 cm³/mol. The summed E-state index contributed by atoms with van der Waals surface area (Å²) in [5.74, 6) is 0.0250. The van der Waals surface area contributed by atoms with Crippen LogP contribution >= 0.6 is 0 Å². The second-order valence-electron chi connectivity index (χ2n) is 6.66. The molecule has 0 aliphatic heterocycles. The number of benzene rings is 1. The predicted octanol–water partition coefficient (Wildman–Crippen LogP) is 3.18. The van der Waals surface area contributed by atoms with E-state index in [0.717, 1.165) is 12.0 Å². The van der Waals surface area contributed by atoms with Gasteiger partial charge in [-0.1, -0.05) is 39.8 Å². The van der Waals surface area contributed by atoms with E-state index in [1.54, 1.807) is 0 Å². The maximum absolute atomic E-state index is 11.7. The molecule has 0 bridgehead atoms. The van der Waals surface area contributed by atoms with Crippen LogP contribution in [0.3, 0.4) is 0 Å². The molecule has 2 nitrogen and oxygen atoms in total. The highest BCUT2D eigenvalue weighted by atomic mass is 16.1. The molecular weight excluding hydrogens is 222 g/mol. The molecule has 0 spiro atoms. The van der Waals surface area contributed by atoms with E-state index < -0.39 is 0 Å². The van der Waals surface area contributed by atoms with Crippen molar-refractivity contribution in [1.29, 1.82) is 0 Å². The smallest absolute Gasteiger partial charge is 0.176 e. The van der Waals surface area contributed by atoms with E-state index >= 15 is 0 Å². The lowest BCUT2D eigenvalue weighted by Crippen LogP contribution is -2.34. The van der Waals surface area contributed by atoms with Gasteiger partial charge in [0.05, 0.1) is 6.54 Å². The Morgan fingerprint density at radius 2 is 1.67 bits per heavy atom. The summed E-state index contributed by atoms with van der Waals surface area (Å²) in [5, 5.41) is 0. The third kappa shape index (κ3) is 2.10. The molecule has 0 radical (unpaired) electrons. The minimum Gasteiger partial charge on any atom is -0.324 e. The number of Topliss-reactive ketones (excluding diaryl/α,β-unsaturated/α-hetero) is 1. The monoisotopic (exact) mass is 245 g/mol. The van der Waals surface area contributed by atoms with Crippen LogP contribution in [0.5, 0.6) is 0 Å². The molecule has 98 valence electrons. The molecule has 0 unspecified atom stereocenters. The number of carbonyl (C=O) groups excluding carboxylic acids is 1. The fourth-order valence-corrected chi connectivity index (χ4v) is 2.88. The molecule has 2 rings (SSSR count). The second kappa shape index (κ2) is 4.20. The minimum absolute atomic E-state index is 0.0250. The van der Waals surface area contributed by atoms with Gasteiger partial charge in [0.2, 0.25) is 0 Å². The fraction of sp³-hybridized carbons (Fsp3) is 0.562. The van der Waals surface area contributed by atoms with Gasteiger partial charge in [0.1, 0.15) is 0 Å². The van der Waals surface area contributed by atoms with Gasteiger partial charge in [-0.15, -0.1) is 0 Å². The van der Waals surface area contributed by atoms with Crippen molar-refractivity contribution < 1.29 is 4.79 Å². The lowest BCUT2D eigenvalue weighted by molar-refractivity contribution is 0.100. The standard InChI is InChI=1S/C16H23NO/c1-15(2)7-8-16(3,4)13-9-11(14(18)10-17)5-6-12(13)15/h5-6,9H,7-8,10,17H2,1-4H3. The summed E-state index contributed by atoms with van der Waals surface area (Å²) in [6.07, 6.45) is 2.35. The van der Waals surface area contributed by atoms with Crippen LogP contribution in [0, 0.1) is 0 Å². The third-order valence-corrected chi connectivity index (χ3v) is 4.36. The first kappa shape index (κ1) is 13.3. The van der Waals surface area contributed by atoms with Crippen LogP contribution in [0.4, 0.5) is 0 Å². The van der Waals surface area contributed by atoms with Crippen molar-refractivity contribution >= 4 is 5.78 Å². The van der Waals surface area contributed by atoms with Gasteiger partial charge in [0.25, 0.3) is 0 Å². The maximum atomic E-state index is 11.7. The van der Waals surface area contributed by atoms with Gasteiger partial charge < -0.3 is 5.73 Å². The van der Waals surface area contributed by atoms with Gasteiger partial charge in [-0.3, -0.25) is 4.79 Å². The number of hydrogen-bond acceptors (Lipinski definition) is 2. The number of nitrogens with two attached hydrogens (primary N) is 1. The molecule has 0 atom stereocenters. The Bertz CT molecular complexity index is 486. The van der Waals surface area contributed by atoms with E-state index in [0.29, 0.717) is 0 Å². The van der Waals surface area contributed by atoms with Gasteiger partial charge in [0, 0.05) is 5.56 Å². The molecule has 1 aromatic carbocycles. The molecule has 1 aliphatic rings. The Balaban J connectivity index is 2.58. The minimum atomic E-state index is 0.0250. The third-order valence-electron chi connectivity index (χ3n) is 4.36. The van der Waals surface area contributed by atoms with E-state index in [1.807, 2.05) is 6.07 Å². The average molecular weight is 245 g/mol. The normalized spacial score (nSPS) is 20.3. The SMILES string of the molecule is CC1(C)CCC(C)(C)c2cc(C(=O)CN)ccc21. The van der Waals surface area contributed by atoms with Crippen LogP contribution < -0.4 is 5.73 Å². The Morgan fingerprint density at radius 1 is 1.11 bits per heavy atom. The zero-order chi connectivity index (χ0) is 13.6. The first-order valence-corrected chi connectivity index (χ1v) is 6.66. The zero-order valence-electron chi connectivity index (χ0n) is 11.8. The molecule has 2 heteroatoms. The zero-order valence-corrected chi connectivity index (χ0v) is 11.8. The second-order valence-corrected chi connectivity index (χ2v) is 6.66. The number of rotatable bonds is 2. The first-order valence-electron chi connectivity index (χ1n) is 6.66. The summed E-state index contributed by atoms with van der Waals surface area (Å²) in [5.41, 5.74) is 9.25. The summed E-state index contributed by atoms with van der Waals surface area (Å²) in [6.45, 7) is 9.18. The Morgan fingerprint density at radius 3 is 2.22 bits per heavy atom. The van der Waals surface area contributed by atoms with Crippen LogP contribution in [-0.4, -0.2) is 12.3 Å². The summed E-state index contributed by atoms with van der Waals surface area (Å²) in [6, 6.07) is 6.11. The molecule has 1 aromatic rings. The van der Waals surface area contributed by atoms with Gasteiger partial charge in [-0.25, -0.2) is 0 Å². The van der Waals surface area contributed by atoms with E-state index in [4.69, 9.17) is 5.73 Å². The van der Waals surface area contributed by atoms with Crippen LogP contribution in [0.1, 0.15) is 62.0 Å². The molecule has 2 N–H and O–H groups in total. The number of hydrogen-bond donors (Lipinski definition) is 1. The van der Waals surface area contributed by atoms with E-state index in [9.17, 15) is 4.79 Å². The lowest BCUT2D eigenvalue weighted by atomic mass is 9.63. The average Bonchev–Trinajstić information content (AvgIpc) is 2.34. The van der Waals surface area contributed by atoms with Crippen molar-refractivity contribution in [2.75, 3.05) is 6.54 Å². The van der Waals surface area contributed by atoms with E-state index in [2.05, 4.69) is 39.8 Å². The largest absolute Gasteiger partial charge is 0.324 e. The maximum Gasteiger partial charge on any atom is 0.176 e. The Hall–Kier alpha value is -1.15.